The third-order valence-corrected chi connectivity index (χ3v) is 3.90. The first-order valence-electron chi connectivity index (χ1n) is 7.84. The summed E-state index contributed by atoms with van der Waals surface area (Å²) in [5.74, 6) is -0.209. The minimum absolute atomic E-state index is 0.300. The van der Waals surface area contributed by atoms with Gasteiger partial charge in [0.25, 0.3) is 0 Å². The van der Waals surface area contributed by atoms with Crippen LogP contribution >= 0.6 is 0 Å². The van der Waals surface area contributed by atoms with Crippen molar-refractivity contribution in [1.82, 2.24) is 20.2 Å². The number of nitrogens with zero attached hydrogens (tertiary/aromatic N) is 4. The van der Waals surface area contributed by atoms with Gasteiger partial charge in [-0.05, 0) is 10.8 Å². The smallest absolute Gasteiger partial charge is 0.333 e. The van der Waals surface area contributed by atoms with Crippen molar-refractivity contribution in [1.29, 1.82) is 0 Å². The van der Waals surface area contributed by atoms with Crippen LogP contribution in [-0.4, -0.2) is 33.3 Å². The van der Waals surface area contributed by atoms with Gasteiger partial charge in [0.05, 0.1) is 13.7 Å². The quantitative estimate of drug-likeness (QED) is 0.512. The summed E-state index contributed by atoms with van der Waals surface area (Å²) in [4.78, 5) is 13.4. The molecule has 0 aliphatic heterocycles. The Morgan fingerprint density at radius 3 is 2.40 bits per heavy atom. The first kappa shape index (κ1) is 16.6. The fraction of sp³-hybridized carbons (Fsp3) is 0.158. The highest BCUT2D eigenvalue weighted by Gasteiger charge is 2.23. The van der Waals surface area contributed by atoms with Gasteiger partial charge < -0.3 is 4.74 Å². The molecule has 3 aromatic rings. The molecule has 0 amide bonds. The van der Waals surface area contributed by atoms with Crippen molar-refractivity contribution in [3.8, 4) is 11.4 Å². The Balaban J connectivity index is 1.87. The Morgan fingerprint density at radius 2 is 1.76 bits per heavy atom. The van der Waals surface area contributed by atoms with Gasteiger partial charge in [0.2, 0.25) is 5.82 Å². The van der Waals surface area contributed by atoms with Gasteiger partial charge in [-0.15, -0.1) is 10.2 Å². The highest BCUT2D eigenvalue weighted by molar-refractivity contribution is 5.89. The van der Waals surface area contributed by atoms with E-state index in [0.29, 0.717) is 17.9 Å². The summed E-state index contributed by atoms with van der Waals surface area (Å²) in [6.07, 6.45) is 0. The molecule has 1 atom stereocenters. The molecule has 0 aliphatic carbocycles. The Bertz CT molecular complexity index is 859. The number of carbonyl (C=O) groups excluding carboxylic acids is 1. The average Bonchev–Trinajstić information content (AvgIpc) is 3.15. The number of tetrazole rings is 1. The standard InChI is InChI=1S/C19H18N4O2/c1-14(19(24)25-2)17(15-9-5-3-6-10-15)13-23-21-18(20-22-23)16-11-7-4-8-12-16/h3-12,17H,1,13H2,2H3/t17-/m0/s1. The molecule has 0 N–H and O–H groups in total. The predicted molar refractivity (Wildman–Crippen MR) is 93.6 cm³/mol. The van der Waals surface area contributed by atoms with Gasteiger partial charge in [0.1, 0.15) is 0 Å². The largest absolute Gasteiger partial charge is 0.466 e. The topological polar surface area (TPSA) is 69.9 Å². The molecule has 0 fully saturated rings. The van der Waals surface area contributed by atoms with Crippen LogP contribution in [0.3, 0.4) is 0 Å². The fourth-order valence-electron chi connectivity index (χ4n) is 2.56. The van der Waals surface area contributed by atoms with Crippen molar-refractivity contribution in [2.45, 2.75) is 12.5 Å². The highest BCUT2D eigenvalue weighted by atomic mass is 16.5. The maximum atomic E-state index is 12.0. The summed E-state index contributed by atoms with van der Waals surface area (Å²) in [5.41, 5.74) is 2.18. The second-order valence-corrected chi connectivity index (χ2v) is 5.51. The first-order chi connectivity index (χ1) is 12.2. The van der Waals surface area contributed by atoms with E-state index in [-0.39, 0.29) is 5.92 Å². The van der Waals surface area contributed by atoms with Crippen molar-refractivity contribution in [2.75, 3.05) is 7.11 Å². The van der Waals surface area contributed by atoms with E-state index in [9.17, 15) is 4.79 Å². The molecule has 0 saturated heterocycles. The van der Waals surface area contributed by atoms with E-state index in [1.165, 1.54) is 11.9 Å². The molecule has 1 aromatic heterocycles. The summed E-state index contributed by atoms with van der Waals surface area (Å²) in [7, 11) is 1.34. The molecule has 0 radical (unpaired) electrons. The molecule has 0 bridgehead atoms. The number of hydrogen-bond acceptors (Lipinski definition) is 5. The zero-order valence-corrected chi connectivity index (χ0v) is 13.9. The van der Waals surface area contributed by atoms with Gasteiger partial charge in [0, 0.05) is 17.1 Å². The van der Waals surface area contributed by atoms with Gasteiger partial charge in [-0.2, -0.15) is 4.80 Å². The lowest BCUT2D eigenvalue weighted by atomic mass is 9.92. The van der Waals surface area contributed by atoms with Crippen LogP contribution in [0.25, 0.3) is 11.4 Å². The first-order valence-corrected chi connectivity index (χ1v) is 7.84. The van der Waals surface area contributed by atoms with E-state index < -0.39 is 5.97 Å². The van der Waals surface area contributed by atoms with Crippen LogP contribution in [0.1, 0.15) is 11.5 Å². The van der Waals surface area contributed by atoms with E-state index >= 15 is 0 Å². The maximum Gasteiger partial charge on any atom is 0.333 e. The molecule has 1 heterocycles. The summed E-state index contributed by atoms with van der Waals surface area (Å²) in [6.45, 7) is 4.24. The molecule has 0 spiro atoms. The summed E-state index contributed by atoms with van der Waals surface area (Å²) < 4.78 is 4.82. The normalized spacial score (nSPS) is 11.7. The number of benzene rings is 2. The maximum absolute atomic E-state index is 12.0. The van der Waals surface area contributed by atoms with Crippen LogP contribution in [0.15, 0.2) is 72.8 Å². The minimum Gasteiger partial charge on any atom is -0.466 e. The third kappa shape index (κ3) is 3.80. The molecule has 25 heavy (non-hydrogen) atoms. The van der Waals surface area contributed by atoms with Gasteiger partial charge in [-0.1, -0.05) is 67.2 Å². The lowest BCUT2D eigenvalue weighted by molar-refractivity contribution is -0.136. The van der Waals surface area contributed by atoms with E-state index in [4.69, 9.17) is 4.74 Å². The van der Waals surface area contributed by atoms with E-state index in [0.717, 1.165) is 11.1 Å². The Hall–Kier alpha value is -3.28. The Kier molecular flexibility index (Phi) is 4.99. The Labute approximate surface area is 145 Å². The van der Waals surface area contributed by atoms with Gasteiger partial charge in [-0.25, -0.2) is 4.79 Å². The summed E-state index contributed by atoms with van der Waals surface area (Å²) in [5, 5.41) is 12.6. The van der Waals surface area contributed by atoms with Crippen molar-refractivity contribution < 1.29 is 9.53 Å². The number of rotatable bonds is 6. The molecule has 0 saturated carbocycles. The molecular formula is C19H18N4O2. The van der Waals surface area contributed by atoms with E-state index in [2.05, 4.69) is 22.0 Å². The molecular weight excluding hydrogens is 316 g/mol. The number of methoxy groups -OCH3 is 1. The van der Waals surface area contributed by atoms with Crippen molar-refractivity contribution in [2.24, 2.45) is 0 Å². The highest BCUT2D eigenvalue weighted by Crippen LogP contribution is 2.26. The van der Waals surface area contributed by atoms with Crippen LogP contribution in [0.2, 0.25) is 0 Å². The van der Waals surface area contributed by atoms with E-state index in [1.54, 1.807) is 0 Å². The summed E-state index contributed by atoms with van der Waals surface area (Å²) in [6, 6.07) is 19.2. The molecule has 0 aliphatic rings. The molecule has 0 unspecified atom stereocenters. The second-order valence-electron chi connectivity index (χ2n) is 5.51. The predicted octanol–water partition coefficient (Wildman–Crippen LogP) is 2.85. The Morgan fingerprint density at radius 1 is 1.12 bits per heavy atom. The van der Waals surface area contributed by atoms with Crippen LogP contribution in [-0.2, 0) is 16.1 Å². The van der Waals surface area contributed by atoms with Crippen LogP contribution in [0, 0.1) is 0 Å². The second kappa shape index (κ2) is 7.53. The van der Waals surface area contributed by atoms with Crippen molar-refractivity contribution in [3.63, 3.8) is 0 Å². The molecule has 3 rings (SSSR count). The lowest BCUT2D eigenvalue weighted by Crippen LogP contribution is -2.19. The number of aromatic nitrogens is 4. The number of hydrogen-bond donors (Lipinski definition) is 0. The van der Waals surface area contributed by atoms with Gasteiger partial charge in [-0.3, -0.25) is 0 Å². The number of ether oxygens (including phenoxy) is 1. The molecule has 2 aromatic carbocycles. The van der Waals surface area contributed by atoms with Crippen molar-refractivity contribution >= 4 is 5.97 Å². The fourth-order valence-corrected chi connectivity index (χ4v) is 2.56. The zero-order valence-electron chi connectivity index (χ0n) is 13.9. The number of esters is 1. The SMILES string of the molecule is C=C(C(=O)OC)[C@H](Cn1nnc(-c2ccccc2)n1)c1ccccc1. The average molecular weight is 334 g/mol. The van der Waals surface area contributed by atoms with Crippen LogP contribution in [0.5, 0.6) is 0 Å². The lowest BCUT2D eigenvalue weighted by Gasteiger charge is -2.17. The summed E-state index contributed by atoms with van der Waals surface area (Å²) >= 11 is 0. The zero-order chi connectivity index (χ0) is 17.6. The van der Waals surface area contributed by atoms with Crippen molar-refractivity contribution in [3.05, 3.63) is 78.4 Å². The molecule has 126 valence electrons. The minimum atomic E-state index is -0.447. The van der Waals surface area contributed by atoms with E-state index in [1.807, 2.05) is 60.7 Å². The monoisotopic (exact) mass is 334 g/mol. The third-order valence-electron chi connectivity index (χ3n) is 3.90. The van der Waals surface area contributed by atoms with Gasteiger partial charge in [0.15, 0.2) is 0 Å². The molecule has 6 nitrogen and oxygen atoms in total. The molecule has 6 heteroatoms. The van der Waals surface area contributed by atoms with Crippen LogP contribution in [0.4, 0.5) is 0 Å². The van der Waals surface area contributed by atoms with Gasteiger partial charge >= 0.3 is 5.97 Å². The number of carbonyl (C=O) groups is 1. The van der Waals surface area contributed by atoms with Crippen LogP contribution < -0.4 is 0 Å².